The predicted octanol–water partition coefficient (Wildman–Crippen LogP) is 7.78. The fourth-order valence-electron chi connectivity index (χ4n) is 6.22. The number of ketones is 2. The van der Waals surface area contributed by atoms with Crippen LogP contribution in [0, 0.1) is 0 Å². The van der Waals surface area contributed by atoms with Crippen molar-refractivity contribution in [1.82, 2.24) is 30.0 Å². The Kier molecular flexibility index (Phi) is 9.93. The number of anilines is 2. The number of hydrogen-bond acceptors (Lipinski definition) is 12. The number of fused-ring (bicyclic) bond motifs is 2. The highest BCUT2D eigenvalue weighted by Crippen LogP contribution is 2.33. The average molecular weight is 789 g/mol. The number of rotatable bonds is 10. The predicted molar refractivity (Wildman–Crippen MR) is 216 cm³/mol. The minimum atomic E-state index is -0.872. The van der Waals surface area contributed by atoms with Gasteiger partial charge in [0, 0.05) is 23.5 Å². The van der Waals surface area contributed by atoms with Gasteiger partial charge in [0.2, 0.25) is 0 Å². The van der Waals surface area contributed by atoms with Crippen LogP contribution in [0.3, 0.4) is 0 Å². The van der Waals surface area contributed by atoms with Crippen LogP contribution in [0.25, 0.3) is 33.4 Å². The van der Waals surface area contributed by atoms with Gasteiger partial charge in [-0.3, -0.25) is 20.2 Å². The van der Waals surface area contributed by atoms with Gasteiger partial charge in [-0.05, 0) is 92.1 Å². The summed E-state index contributed by atoms with van der Waals surface area (Å²) in [7, 11) is 0. The van der Waals surface area contributed by atoms with E-state index in [2.05, 4.69) is 31.0 Å². The number of aromatic hydroxyl groups is 2. The molecule has 0 saturated heterocycles. The number of nitrogens with one attached hydrogen (secondary N) is 2. The normalized spacial score (nSPS) is 11.0. The molecule has 0 atom stereocenters. The monoisotopic (exact) mass is 788 g/mol. The summed E-state index contributed by atoms with van der Waals surface area (Å²) in [5.74, 6) is -1.66. The standard InChI is InChI=1S/C43H32N8O8/c1-24(52)30-20-36(50-46-32-7-3-4-8-33(32)47-50)38(54)22-40(30)58-42(56)44-28-15-11-26(12-16-28)19-27-13-17-29(18-14-27)45-43(57)59-41-23-39(55)37(21-31(41)25(2)53)51-48-34-9-5-6-10-35(34)49-51/h3-18,20-23,54-55H,19H2,1-2H3,(H,44,56)(H,45,57). The maximum atomic E-state index is 12.9. The van der Waals surface area contributed by atoms with Crippen molar-refractivity contribution in [3.05, 3.63) is 144 Å². The molecular weight excluding hydrogens is 757 g/mol. The zero-order chi connectivity index (χ0) is 41.2. The smallest absolute Gasteiger partial charge is 0.417 e. The van der Waals surface area contributed by atoms with Crippen LogP contribution in [-0.4, -0.2) is 64.0 Å². The number of ether oxygens (including phenoxy) is 2. The molecule has 0 aliphatic carbocycles. The van der Waals surface area contributed by atoms with Crippen molar-refractivity contribution in [1.29, 1.82) is 0 Å². The second kappa shape index (κ2) is 15.6. The van der Waals surface area contributed by atoms with E-state index in [0.29, 0.717) is 39.9 Å². The molecule has 0 aliphatic heterocycles. The number of nitrogens with zero attached hydrogens (tertiary/aromatic N) is 6. The number of carbonyl (C=O) groups excluding carboxylic acids is 4. The van der Waals surface area contributed by atoms with Crippen LogP contribution in [0.4, 0.5) is 21.0 Å². The topological polar surface area (TPSA) is 213 Å². The van der Waals surface area contributed by atoms with E-state index in [1.165, 1.54) is 47.7 Å². The number of phenols is 2. The number of amides is 2. The van der Waals surface area contributed by atoms with Gasteiger partial charge in [-0.25, -0.2) is 9.59 Å². The first-order valence-corrected chi connectivity index (χ1v) is 18.0. The van der Waals surface area contributed by atoms with E-state index >= 15 is 0 Å². The molecule has 59 heavy (non-hydrogen) atoms. The maximum absolute atomic E-state index is 12.9. The lowest BCUT2D eigenvalue weighted by Crippen LogP contribution is -2.18. The van der Waals surface area contributed by atoms with Gasteiger partial charge in [0.15, 0.2) is 11.6 Å². The Bertz CT molecular complexity index is 2670. The lowest BCUT2D eigenvalue weighted by Gasteiger charge is -2.13. The van der Waals surface area contributed by atoms with E-state index in [9.17, 15) is 29.4 Å². The molecule has 8 aromatic rings. The Labute approximate surface area is 334 Å². The molecule has 0 saturated carbocycles. The Morgan fingerprint density at radius 3 is 1.19 bits per heavy atom. The second-order valence-corrected chi connectivity index (χ2v) is 13.3. The van der Waals surface area contributed by atoms with E-state index in [4.69, 9.17) is 9.47 Å². The van der Waals surface area contributed by atoms with Crippen LogP contribution in [0.1, 0.15) is 45.7 Å². The zero-order valence-electron chi connectivity index (χ0n) is 31.3. The van der Waals surface area contributed by atoms with Crippen LogP contribution in [0.2, 0.25) is 0 Å². The van der Waals surface area contributed by atoms with Crippen molar-refractivity contribution < 1.29 is 38.9 Å². The van der Waals surface area contributed by atoms with Crippen molar-refractivity contribution in [3.8, 4) is 34.4 Å². The number of aromatic nitrogens is 6. The summed E-state index contributed by atoms with van der Waals surface area (Å²) in [6.45, 7) is 2.63. The first kappa shape index (κ1) is 37.5. The van der Waals surface area contributed by atoms with Crippen molar-refractivity contribution >= 4 is 57.2 Å². The van der Waals surface area contributed by atoms with Crippen LogP contribution < -0.4 is 20.1 Å². The van der Waals surface area contributed by atoms with Gasteiger partial charge >= 0.3 is 12.2 Å². The summed E-state index contributed by atoms with van der Waals surface area (Å²) in [5.41, 5.74) is 5.47. The third kappa shape index (κ3) is 8.13. The van der Waals surface area contributed by atoms with Gasteiger partial charge in [0.05, 0.1) is 11.1 Å². The summed E-state index contributed by atoms with van der Waals surface area (Å²) in [4.78, 5) is 53.2. The second-order valence-electron chi connectivity index (χ2n) is 13.3. The van der Waals surface area contributed by atoms with E-state index in [1.54, 1.807) is 72.8 Å². The highest BCUT2D eigenvalue weighted by molar-refractivity contribution is 6.00. The number of Topliss-reactive ketones (excluding diaryl/α,β-unsaturated/α-hetero) is 2. The quantitative estimate of drug-likeness (QED) is 0.0978. The first-order valence-electron chi connectivity index (χ1n) is 18.0. The SMILES string of the molecule is CC(=O)c1cc(-n2nc3ccccc3n2)c(O)cc1OC(=O)Nc1ccc(Cc2ccc(NC(=O)Oc3cc(O)c(-n4nc5ccccc5n4)cc3C(C)=O)cc2)cc1. The van der Waals surface area contributed by atoms with Gasteiger partial charge in [-0.15, -0.1) is 30.0 Å². The number of carbonyl (C=O) groups is 4. The first-order chi connectivity index (χ1) is 28.5. The van der Waals surface area contributed by atoms with Crippen LogP contribution in [-0.2, 0) is 6.42 Å². The molecule has 8 rings (SSSR count). The van der Waals surface area contributed by atoms with E-state index in [0.717, 1.165) is 11.1 Å². The van der Waals surface area contributed by atoms with Gasteiger partial charge in [0.25, 0.3) is 0 Å². The van der Waals surface area contributed by atoms with Gasteiger partial charge in [-0.2, -0.15) is 0 Å². The molecule has 6 aromatic carbocycles. The number of phenolic OH excluding ortho intramolecular Hbond substituents is 2. The summed E-state index contributed by atoms with van der Waals surface area (Å²) >= 11 is 0. The zero-order valence-corrected chi connectivity index (χ0v) is 31.3. The molecule has 0 radical (unpaired) electrons. The largest absolute Gasteiger partial charge is 0.505 e. The van der Waals surface area contributed by atoms with E-state index in [1.807, 2.05) is 24.3 Å². The third-order valence-corrected chi connectivity index (χ3v) is 9.13. The fourth-order valence-corrected chi connectivity index (χ4v) is 6.22. The number of benzene rings is 6. The lowest BCUT2D eigenvalue weighted by atomic mass is 10.0. The molecule has 2 amide bonds. The molecule has 292 valence electrons. The molecule has 2 aromatic heterocycles. The minimum absolute atomic E-state index is 0.0498. The molecule has 16 nitrogen and oxygen atoms in total. The molecule has 0 spiro atoms. The average Bonchev–Trinajstić information content (AvgIpc) is 3.84. The Morgan fingerprint density at radius 2 is 0.864 bits per heavy atom. The summed E-state index contributed by atoms with van der Waals surface area (Å²) in [6, 6.07) is 33.4. The van der Waals surface area contributed by atoms with Crippen molar-refractivity contribution in [2.45, 2.75) is 20.3 Å². The van der Waals surface area contributed by atoms with E-state index in [-0.39, 0.29) is 45.5 Å². The van der Waals surface area contributed by atoms with Crippen molar-refractivity contribution in [2.24, 2.45) is 0 Å². The molecule has 2 heterocycles. The molecular formula is C43H32N8O8. The molecule has 16 heteroatoms. The highest BCUT2D eigenvalue weighted by atomic mass is 16.6. The fraction of sp³-hybridized carbons (Fsp3) is 0.0698. The van der Waals surface area contributed by atoms with Crippen molar-refractivity contribution in [2.75, 3.05) is 10.6 Å². The summed E-state index contributed by atoms with van der Waals surface area (Å²) in [5, 5.41) is 44.2. The van der Waals surface area contributed by atoms with Gasteiger partial charge in [-0.1, -0.05) is 48.5 Å². The minimum Gasteiger partial charge on any atom is -0.505 e. The molecule has 0 aliphatic rings. The number of hydrogen-bond donors (Lipinski definition) is 4. The Hall–Kier alpha value is -8.40. The van der Waals surface area contributed by atoms with Crippen LogP contribution >= 0.6 is 0 Å². The van der Waals surface area contributed by atoms with Gasteiger partial charge in [0.1, 0.15) is 56.4 Å². The molecule has 0 bridgehead atoms. The van der Waals surface area contributed by atoms with Crippen molar-refractivity contribution in [3.63, 3.8) is 0 Å². The molecule has 0 unspecified atom stereocenters. The van der Waals surface area contributed by atoms with Gasteiger partial charge < -0.3 is 19.7 Å². The van der Waals surface area contributed by atoms with E-state index < -0.39 is 23.8 Å². The van der Waals surface area contributed by atoms with Crippen LogP contribution in [0.15, 0.2) is 121 Å². The maximum Gasteiger partial charge on any atom is 0.417 e. The highest BCUT2D eigenvalue weighted by Gasteiger charge is 2.21. The third-order valence-electron chi connectivity index (χ3n) is 9.13. The molecule has 4 N–H and O–H groups in total. The van der Waals surface area contributed by atoms with Crippen LogP contribution in [0.5, 0.6) is 23.0 Å². The Balaban J connectivity index is 0.870. The lowest BCUT2D eigenvalue weighted by molar-refractivity contribution is 0.100. The summed E-state index contributed by atoms with van der Waals surface area (Å²) in [6.07, 6.45) is -1.22. The Morgan fingerprint density at radius 1 is 0.525 bits per heavy atom. The molecule has 0 fully saturated rings. The summed E-state index contributed by atoms with van der Waals surface area (Å²) < 4.78 is 10.9.